The van der Waals surface area contributed by atoms with Gasteiger partial charge in [0.05, 0.1) is 0 Å². The van der Waals surface area contributed by atoms with E-state index >= 15 is 0 Å². The van der Waals surface area contributed by atoms with Gasteiger partial charge in [-0.15, -0.1) is 0 Å². The Kier molecular flexibility index (Phi) is 4.92. The maximum absolute atomic E-state index is 12.9. The molecule has 2 amide bonds. The largest absolute Gasteiger partial charge is 0.353 e. The zero-order valence-electron chi connectivity index (χ0n) is 17.7. The Balaban J connectivity index is 1.13. The summed E-state index contributed by atoms with van der Waals surface area (Å²) in [6.07, 6.45) is 10.6. The van der Waals surface area contributed by atoms with Crippen molar-refractivity contribution in [3.8, 4) is 0 Å². The third-order valence-electron chi connectivity index (χ3n) is 8.22. The Morgan fingerprint density at radius 1 is 1.00 bits per heavy atom. The van der Waals surface area contributed by atoms with Gasteiger partial charge in [-0.2, -0.15) is 0 Å². The van der Waals surface area contributed by atoms with Crippen LogP contribution in [-0.4, -0.2) is 35.8 Å². The van der Waals surface area contributed by atoms with E-state index in [0.717, 1.165) is 61.2 Å². The molecule has 0 aromatic heterocycles. The van der Waals surface area contributed by atoms with Gasteiger partial charge in [0.1, 0.15) is 0 Å². The number of carbonyl (C=O) groups is 2. The van der Waals surface area contributed by atoms with Gasteiger partial charge in [0.15, 0.2) is 0 Å². The number of hydrogen-bond donors (Lipinski definition) is 1. The predicted molar refractivity (Wildman–Crippen MR) is 113 cm³/mol. The molecule has 1 aromatic rings. The van der Waals surface area contributed by atoms with E-state index in [9.17, 15) is 9.59 Å². The zero-order valence-corrected chi connectivity index (χ0v) is 17.7. The van der Waals surface area contributed by atoms with Crippen LogP contribution in [-0.2, 0) is 4.79 Å². The van der Waals surface area contributed by atoms with Crippen LogP contribution in [0.3, 0.4) is 0 Å². The highest BCUT2D eigenvalue weighted by molar-refractivity contribution is 5.95. The molecule has 1 saturated heterocycles. The van der Waals surface area contributed by atoms with E-state index in [1.54, 1.807) is 0 Å². The van der Waals surface area contributed by atoms with Crippen molar-refractivity contribution >= 4 is 11.8 Å². The molecule has 4 heteroatoms. The molecule has 156 valence electrons. The molecule has 0 unspecified atom stereocenters. The van der Waals surface area contributed by atoms with Crippen molar-refractivity contribution in [3.63, 3.8) is 0 Å². The van der Waals surface area contributed by atoms with Crippen molar-refractivity contribution in [2.24, 2.45) is 23.2 Å². The van der Waals surface area contributed by atoms with Crippen molar-refractivity contribution in [1.82, 2.24) is 10.2 Å². The number of nitrogens with zero attached hydrogens (tertiary/aromatic N) is 1. The normalized spacial score (nSPS) is 33.7. The molecule has 4 saturated carbocycles. The van der Waals surface area contributed by atoms with E-state index in [1.807, 2.05) is 36.1 Å². The van der Waals surface area contributed by atoms with Crippen LogP contribution >= 0.6 is 0 Å². The number of carbonyl (C=O) groups excluding carboxylic acids is 2. The topological polar surface area (TPSA) is 49.4 Å². The molecular weight excluding hydrogens is 360 g/mol. The number of amides is 2. The molecule has 1 N–H and O–H groups in total. The van der Waals surface area contributed by atoms with Crippen molar-refractivity contribution < 1.29 is 9.59 Å². The van der Waals surface area contributed by atoms with Gasteiger partial charge in [-0.1, -0.05) is 18.2 Å². The lowest BCUT2D eigenvalue weighted by atomic mass is 9.49. The Morgan fingerprint density at radius 2 is 1.59 bits per heavy atom. The first-order valence-electron chi connectivity index (χ1n) is 11.6. The Morgan fingerprint density at radius 3 is 2.17 bits per heavy atom. The number of piperidine rings is 1. The molecule has 0 atom stereocenters. The second kappa shape index (κ2) is 7.45. The lowest BCUT2D eigenvalue weighted by molar-refractivity contribution is -0.130. The van der Waals surface area contributed by atoms with Crippen LogP contribution in [0.2, 0.25) is 0 Å². The second-order valence-corrected chi connectivity index (χ2v) is 10.5. The maximum Gasteiger partial charge on any atom is 0.254 e. The summed E-state index contributed by atoms with van der Waals surface area (Å²) in [5, 5.41) is 3.33. The van der Waals surface area contributed by atoms with Crippen LogP contribution in [0, 0.1) is 30.1 Å². The minimum Gasteiger partial charge on any atom is -0.353 e. The first-order chi connectivity index (χ1) is 14.0. The van der Waals surface area contributed by atoms with E-state index in [4.69, 9.17) is 0 Å². The maximum atomic E-state index is 12.9. The van der Waals surface area contributed by atoms with Gasteiger partial charge < -0.3 is 10.2 Å². The SMILES string of the molecule is Cc1ccccc1C(=O)N1CCC(NC(=O)CC23CC4CC(CC(C4)C2)C3)CC1. The van der Waals surface area contributed by atoms with Crippen LogP contribution in [0.4, 0.5) is 0 Å². The van der Waals surface area contributed by atoms with E-state index in [1.165, 1.54) is 38.5 Å². The van der Waals surface area contributed by atoms with Crippen LogP contribution in [0.15, 0.2) is 24.3 Å². The minimum absolute atomic E-state index is 0.126. The van der Waals surface area contributed by atoms with Crippen molar-refractivity contribution in [2.45, 2.75) is 70.8 Å². The molecule has 1 aliphatic heterocycles. The van der Waals surface area contributed by atoms with Gasteiger partial charge in [0, 0.05) is 31.1 Å². The molecule has 4 nitrogen and oxygen atoms in total. The molecule has 4 aliphatic carbocycles. The van der Waals surface area contributed by atoms with Crippen molar-refractivity contribution in [2.75, 3.05) is 13.1 Å². The fourth-order valence-corrected chi connectivity index (χ4v) is 7.34. The van der Waals surface area contributed by atoms with Crippen LogP contribution in [0.5, 0.6) is 0 Å². The smallest absolute Gasteiger partial charge is 0.254 e. The quantitative estimate of drug-likeness (QED) is 0.827. The van der Waals surface area contributed by atoms with Crippen LogP contribution < -0.4 is 5.32 Å². The lowest BCUT2D eigenvalue weighted by Gasteiger charge is -2.56. The average molecular weight is 395 g/mol. The highest BCUT2D eigenvalue weighted by atomic mass is 16.2. The summed E-state index contributed by atoms with van der Waals surface area (Å²) < 4.78 is 0. The van der Waals surface area contributed by atoms with Crippen molar-refractivity contribution in [3.05, 3.63) is 35.4 Å². The summed E-state index contributed by atoms with van der Waals surface area (Å²) in [5.41, 5.74) is 2.14. The Labute approximate surface area is 174 Å². The van der Waals surface area contributed by atoms with Gasteiger partial charge in [-0.05, 0) is 93.1 Å². The molecule has 4 bridgehead atoms. The number of aryl methyl sites for hydroxylation is 1. The fourth-order valence-electron chi connectivity index (χ4n) is 7.34. The summed E-state index contributed by atoms with van der Waals surface area (Å²) in [5.74, 6) is 3.07. The molecular formula is C25H34N2O2. The highest BCUT2D eigenvalue weighted by Crippen LogP contribution is 2.61. The molecule has 5 fully saturated rings. The molecule has 1 heterocycles. The van der Waals surface area contributed by atoms with E-state index in [0.29, 0.717) is 5.41 Å². The van der Waals surface area contributed by atoms with Crippen LogP contribution in [0.25, 0.3) is 0 Å². The second-order valence-electron chi connectivity index (χ2n) is 10.5. The van der Waals surface area contributed by atoms with E-state index in [2.05, 4.69) is 5.32 Å². The van der Waals surface area contributed by atoms with Gasteiger partial charge in [0.25, 0.3) is 5.91 Å². The lowest BCUT2D eigenvalue weighted by Crippen LogP contribution is -2.50. The predicted octanol–water partition coefficient (Wildman–Crippen LogP) is 4.32. The third kappa shape index (κ3) is 3.83. The highest BCUT2D eigenvalue weighted by Gasteiger charge is 2.51. The standard InChI is InChI=1S/C25H34N2O2/c1-17-4-2-3-5-22(17)24(29)27-8-6-21(7-9-27)26-23(28)16-25-13-18-10-19(14-25)12-20(11-18)15-25/h2-5,18-21H,6-16H2,1H3,(H,26,28). The summed E-state index contributed by atoms with van der Waals surface area (Å²) in [7, 11) is 0. The van der Waals surface area contributed by atoms with Crippen molar-refractivity contribution in [1.29, 1.82) is 0 Å². The minimum atomic E-state index is 0.126. The van der Waals surface area contributed by atoms with Gasteiger partial charge in [-0.25, -0.2) is 0 Å². The number of hydrogen-bond acceptors (Lipinski definition) is 2. The molecule has 5 aliphatic rings. The fraction of sp³-hybridized carbons (Fsp3) is 0.680. The number of nitrogens with one attached hydrogen (secondary N) is 1. The Hall–Kier alpha value is -1.84. The van der Waals surface area contributed by atoms with Gasteiger partial charge in [0.2, 0.25) is 5.91 Å². The van der Waals surface area contributed by atoms with Crippen LogP contribution in [0.1, 0.15) is 73.7 Å². The number of benzene rings is 1. The Bertz CT molecular complexity index is 758. The average Bonchev–Trinajstić information content (AvgIpc) is 2.67. The molecule has 0 spiro atoms. The summed E-state index contributed by atoms with van der Waals surface area (Å²) >= 11 is 0. The molecule has 0 radical (unpaired) electrons. The molecule has 1 aromatic carbocycles. The monoisotopic (exact) mass is 394 g/mol. The first kappa shape index (κ1) is 19.1. The van der Waals surface area contributed by atoms with Gasteiger partial charge in [-0.3, -0.25) is 9.59 Å². The first-order valence-corrected chi connectivity index (χ1v) is 11.6. The third-order valence-corrected chi connectivity index (χ3v) is 8.22. The number of rotatable bonds is 4. The summed E-state index contributed by atoms with van der Waals surface area (Å²) in [6, 6.07) is 8.02. The summed E-state index contributed by atoms with van der Waals surface area (Å²) in [4.78, 5) is 27.6. The van der Waals surface area contributed by atoms with E-state index in [-0.39, 0.29) is 17.9 Å². The zero-order chi connectivity index (χ0) is 20.0. The van der Waals surface area contributed by atoms with Gasteiger partial charge >= 0.3 is 0 Å². The molecule has 29 heavy (non-hydrogen) atoms. The molecule has 6 rings (SSSR count). The van der Waals surface area contributed by atoms with E-state index < -0.39 is 0 Å². The summed E-state index contributed by atoms with van der Waals surface area (Å²) in [6.45, 7) is 3.45. The number of likely N-dealkylation sites (tertiary alicyclic amines) is 1.